The lowest BCUT2D eigenvalue weighted by Gasteiger charge is -2.35. The summed E-state index contributed by atoms with van der Waals surface area (Å²) in [5, 5.41) is 2.30. The number of carbonyl (C=O) groups excluding carboxylic acids is 3. The molecular weight excluding hydrogens is 459 g/mol. The fraction of sp³-hybridized carbons (Fsp3) is 0.350. The molecule has 1 aliphatic carbocycles. The van der Waals surface area contributed by atoms with Gasteiger partial charge in [0.15, 0.2) is 0 Å². The highest BCUT2D eigenvalue weighted by atomic mass is 127. The fourth-order valence-corrected chi connectivity index (χ4v) is 4.08. The molecule has 1 N–H and O–H groups in total. The Morgan fingerprint density at radius 2 is 1.96 bits per heavy atom. The highest BCUT2D eigenvalue weighted by Crippen LogP contribution is 2.27. The summed E-state index contributed by atoms with van der Waals surface area (Å²) >= 11 is 2.13. The molecule has 0 unspecified atom stereocenters. The van der Waals surface area contributed by atoms with E-state index in [1.807, 2.05) is 6.07 Å². The van der Waals surface area contributed by atoms with Gasteiger partial charge in [-0.3, -0.25) is 19.8 Å². The van der Waals surface area contributed by atoms with Crippen LogP contribution in [0, 0.1) is 3.57 Å². The van der Waals surface area contributed by atoms with E-state index in [0.29, 0.717) is 17.9 Å². The summed E-state index contributed by atoms with van der Waals surface area (Å²) in [7, 11) is 0. The van der Waals surface area contributed by atoms with Crippen molar-refractivity contribution < 1.29 is 19.1 Å². The second kappa shape index (κ2) is 8.69. The highest BCUT2D eigenvalue weighted by molar-refractivity contribution is 14.1. The van der Waals surface area contributed by atoms with Crippen LogP contribution in [0.4, 0.5) is 4.79 Å². The zero-order valence-electron chi connectivity index (χ0n) is 14.9. The zero-order valence-corrected chi connectivity index (χ0v) is 17.0. The van der Waals surface area contributed by atoms with Crippen LogP contribution in [0.1, 0.15) is 37.7 Å². The summed E-state index contributed by atoms with van der Waals surface area (Å²) in [4.78, 5) is 38.6. The molecule has 1 heterocycles. The van der Waals surface area contributed by atoms with E-state index in [9.17, 15) is 14.4 Å². The van der Waals surface area contributed by atoms with E-state index in [1.165, 1.54) is 11.0 Å². The molecule has 0 spiro atoms. The van der Waals surface area contributed by atoms with Gasteiger partial charge in [-0.05, 0) is 59.2 Å². The Labute approximate surface area is 171 Å². The number of halogens is 1. The number of hydrogen-bond donors (Lipinski definition) is 1. The molecule has 1 saturated heterocycles. The van der Waals surface area contributed by atoms with Crippen LogP contribution in [-0.2, 0) is 9.59 Å². The number of nitrogens with one attached hydrogen (secondary N) is 1. The van der Waals surface area contributed by atoms with E-state index in [2.05, 4.69) is 34.5 Å². The van der Waals surface area contributed by atoms with Crippen molar-refractivity contribution >= 4 is 46.5 Å². The standard InChI is InChI=1S/C20H21IN2O4/c1-2-10-27-17-9-8-13(12-16(17)21)11-15-18(24)22-20(26)23(19(15)25)14-6-4-3-5-7-14/h2,8-9,11-12,14H,1,3-7,10H2,(H,22,24,26). The van der Waals surface area contributed by atoms with E-state index < -0.39 is 17.8 Å². The molecule has 2 aliphatic rings. The summed E-state index contributed by atoms with van der Waals surface area (Å²) in [5.74, 6) is -0.465. The van der Waals surface area contributed by atoms with Crippen molar-refractivity contribution in [2.75, 3.05) is 6.61 Å². The topological polar surface area (TPSA) is 75.7 Å². The summed E-state index contributed by atoms with van der Waals surface area (Å²) in [6.07, 6.45) is 7.84. The van der Waals surface area contributed by atoms with Crippen molar-refractivity contribution in [2.24, 2.45) is 0 Å². The monoisotopic (exact) mass is 480 g/mol. The summed E-state index contributed by atoms with van der Waals surface area (Å²) in [5.41, 5.74) is 0.678. The number of hydrogen-bond acceptors (Lipinski definition) is 4. The summed E-state index contributed by atoms with van der Waals surface area (Å²) < 4.78 is 6.39. The lowest BCUT2D eigenvalue weighted by molar-refractivity contribution is -0.132. The van der Waals surface area contributed by atoms with Gasteiger partial charge in [0.25, 0.3) is 11.8 Å². The minimum absolute atomic E-state index is 0.0178. The first-order valence-corrected chi connectivity index (χ1v) is 10.0. The molecule has 1 saturated carbocycles. The van der Waals surface area contributed by atoms with Crippen molar-refractivity contribution in [3.63, 3.8) is 0 Å². The predicted molar refractivity (Wildman–Crippen MR) is 110 cm³/mol. The minimum Gasteiger partial charge on any atom is -0.488 e. The zero-order chi connectivity index (χ0) is 19.4. The van der Waals surface area contributed by atoms with E-state index in [4.69, 9.17) is 4.74 Å². The van der Waals surface area contributed by atoms with E-state index >= 15 is 0 Å². The third kappa shape index (κ3) is 4.40. The molecule has 0 atom stereocenters. The van der Waals surface area contributed by atoms with Crippen molar-refractivity contribution in [2.45, 2.75) is 38.1 Å². The number of nitrogens with zero attached hydrogens (tertiary/aromatic N) is 1. The molecule has 1 aliphatic heterocycles. The van der Waals surface area contributed by atoms with E-state index in [0.717, 1.165) is 35.7 Å². The predicted octanol–water partition coefficient (Wildman–Crippen LogP) is 3.65. The number of rotatable bonds is 5. The maximum absolute atomic E-state index is 12.9. The molecule has 0 aromatic heterocycles. The van der Waals surface area contributed by atoms with Gasteiger partial charge in [-0.15, -0.1) is 0 Å². The van der Waals surface area contributed by atoms with Gasteiger partial charge in [-0.25, -0.2) is 4.79 Å². The summed E-state index contributed by atoms with van der Waals surface area (Å²) in [6, 6.07) is 4.63. The van der Waals surface area contributed by atoms with Gasteiger partial charge in [-0.2, -0.15) is 0 Å². The third-order valence-electron chi connectivity index (χ3n) is 4.70. The Morgan fingerprint density at radius 3 is 2.63 bits per heavy atom. The SMILES string of the molecule is C=CCOc1ccc(C=C2C(=O)NC(=O)N(C3CCCCC3)C2=O)cc1I. The third-order valence-corrected chi connectivity index (χ3v) is 5.54. The van der Waals surface area contributed by atoms with Crippen LogP contribution in [0.5, 0.6) is 5.75 Å². The van der Waals surface area contributed by atoms with Gasteiger partial charge in [0.1, 0.15) is 17.9 Å². The number of urea groups is 1. The first kappa shape index (κ1) is 19.6. The molecule has 7 heteroatoms. The first-order chi connectivity index (χ1) is 13.0. The molecule has 1 aromatic carbocycles. The summed E-state index contributed by atoms with van der Waals surface area (Å²) in [6.45, 7) is 4.02. The fourth-order valence-electron chi connectivity index (χ4n) is 3.38. The second-order valence-electron chi connectivity index (χ2n) is 6.57. The normalized spacial score (nSPS) is 20.0. The lowest BCUT2D eigenvalue weighted by atomic mass is 9.93. The van der Waals surface area contributed by atoms with Gasteiger partial charge in [0, 0.05) is 6.04 Å². The minimum atomic E-state index is -0.654. The number of carbonyl (C=O) groups is 3. The largest absolute Gasteiger partial charge is 0.488 e. The Bertz CT molecular complexity index is 812. The van der Waals surface area contributed by atoms with Crippen LogP contribution in [0.25, 0.3) is 6.08 Å². The smallest absolute Gasteiger partial charge is 0.331 e. The van der Waals surface area contributed by atoms with Gasteiger partial charge >= 0.3 is 6.03 Å². The Kier molecular flexibility index (Phi) is 6.30. The number of amides is 4. The Balaban J connectivity index is 1.86. The van der Waals surface area contributed by atoms with Crippen molar-refractivity contribution in [1.82, 2.24) is 10.2 Å². The quantitative estimate of drug-likeness (QED) is 0.302. The van der Waals surface area contributed by atoms with Crippen molar-refractivity contribution in [1.29, 1.82) is 0 Å². The van der Waals surface area contributed by atoms with E-state index in [-0.39, 0.29) is 11.6 Å². The average Bonchev–Trinajstić information content (AvgIpc) is 2.65. The van der Waals surface area contributed by atoms with E-state index in [1.54, 1.807) is 18.2 Å². The van der Waals surface area contributed by atoms with Gasteiger partial charge in [-0.1, -0.05) is 38.0 Å². The number of barbiturate groups is 1. The molecule has 27 heavy (non-hydrogen) atoms. The molecule has 4 amide bonds. The van der Waals surface area contributed by atoms with Gasteiger partial charge in [0.2, 0.25) is 0 Å². The number of benzene rings is 1. The van der Waals surface area contributed by atoms with Gasteiger partial charge < -0.3 is 4.74 Å². The van der Waals surface area contributed by atoms with Gasteiger partial charge in [0.05, 0.1) is 3.57 Å². The molecule has 0 bridgehead atoms. The highest BCUT2D eigenvalue weighted by Gasteiger charge is 2.40. The van der Waals surface area contributed by atoms with Crippen molar-refractivity contribution in [3.05, 3.63) is 45.6 Å². The maximum atomic E-state index is 12.9. The van der Waals surface area contributed by atoms with Crippen LogP contribution in [0.15, 0.2) is 36.4 Å². The molecule has 6 nitrogen and oxygen atoms in total. The van der Waals surface area contributed by atoms with Crippen LogP contribution < -0.4 is 10.1 Å². The van der Waals surface area contributed by atoms with Crippen molar-refractivity contribution in [3.8, 4) is 5.75 Å². The maximum Gasteiger partial charge on any atom is 0.331 e. The Morgan fingerprint density at radius 1 is 1.22 bits per heavy atom. The molecule has 2 fully saturated rings. The van der Waals surface area contributed by atoms with Crippen LogP contribution in [-0.4, -0.2) is 35.4 Å². The van der Waals surface area contributed by atoms with Crippen LogP contribution in [0.3, 0.4) is 0 Å². The number of imide groups is 2. The number of ether oxygens (including phenoxy) is 1. The Hall–Kier alpha value is -2.16. The molecule has 142 valence electrons. The molecule has 3 rings (SSSR count). The molecule has 0 radical (unpaired) electrons. The van der Waals surface area contributed by atoms with Crippen LogP contribution >= 0.6 is 22.6 Å². The van der Waals surface area contributed by atoms with Crippen LogP contribution in [0.2, 0.25) is 0 Å². The lowest BCUT2D eigenvalue weighted by Crippen LogP contribution is -2.58. The molecule has 1 aromatic rings. The molecular formula is C20H21IN2O4. The first-order valence-electron chi connectivity index (χ1n) is 8.95. The average molecular weight is 480 g/mol. The second-order valence-corrected chi connectivity index (χ2v) is 7.74.